The van der Waals surface area contributed by atoms with Gasteiger partial charge >= 0.3 is 0 Å². The minimum atomic E-state index is 0. The van der Waals surface area contributed by atoms with Gasteiger partial charge in [-0.05, 0) is 5.56 Å². The van der Waals surface area contributed by atoms with Crippen LogP contribution < -0.4 is 11.9 Å². The predicted octanol–water partition coefficient (Wildman–Crippen LogP) is 0.916. The molecule has 0 atom stereocenters. The van der Waals surface area contributed by atoms with E-state index in [1.54, 1.807) is 0 Å². The third-order valence-electron chi connectivity index (χ3n) is 1.08. The standard InChI is InChI=1S/C7H9N.CH4O.H3N/c8-6-7-4-2-1-3-5-7;1-2;/h1-5H,6,8H2;2H,1H3;1H3. The first-order valence-corrected chi connectivity index (χ1v) is 3.12. The van der Waals surface area contributed by atoms with Gasteiger partial charge in [0, 0.05) is 13.7 Å². The summed E-state index contributed by atoms with van der Waals surface area (Å²) in [6.45, 7) is 0.640. The van der Waals surface area contributed by atoms with Crippen molar-refractivity contribution in [1.82, 2.24) is 6.15 Å². The van der Waals surface area contributed by atoms with Crippen LogP contribution in [-0.4, -0.2) is 12.2 Å². The molecule has 0 aromatic heterocycles. The Morgan fingerprint density at radius 2 is 1.64 bits per heavy atom. The van der Waals surface area contributed by atoms with E-state index < -0.39 is 0 Å². The molecule has 0 aliphatic rings. The summed E-state index contributed by atoms with van der Waals surface area (Å²) in [6.07, 6.45) is 0. The number of aliphatic hydroxyl groups is 1. The van der Waals surface area contributed by atoms with Crippen LogP contribution in [0.5, 0.6) is 0 Å². The van der Waals surface area contributed by atoms with Gasteiger partial charge in [0.2, 0.25) is 0 Å². The van der Waals surface area contributed by atoms with E-state index >= 15 is 0 Å². The predicted molar refractivity (Wildman–Crippen MR) is 47.5 cm³/mol. The summed E-state index contributed by atoms with van der Waals surface area (Å²) in [5.74, 6) is 0. The van der Waals surface area contributed by atoms with E-state index in [4.69, 9.17) is 10.8 Å². The summed E-state index contributed by atoms with van der Waals surface area (Å²) < 4.78 is 0. The molecule has 3 heteroatoms. The second-order valence-corrected chi connectivity index (χ2v) is 1.69. The summed E-state index contributed by atoms with van der Waals surface area (Å²) in [5, 5.41) is 7.00. The van der Waals surface area contributed by atoms with Gasteiger partial charge in [-0.15, -0.1) is 0 Å². The van der Waals surface area contributed by atoms with Crippen molar-refractivity contribution in [3.8, 4) is 0 Å². The maximum atomic E-state index is 7.00. The van der Waals surface area contributed by atoms with Crippen LogP contribution in [0, 0.1) is 0 Å². The Balaban J connectivity index is 0. The van der Waals surface area contributed by atoms with Crippen LogP contribution in [0.4, 0.5) is 0 Å². The van der Waals surface area contributed by atoms with Crippen molar-refractivity contribution < 1.29 is 5.11 Å². The van der Waals surface area contributed by atoms with Crippen molar-refractivity contribution >= 4 is 0 Å². The first kappa shape index (κ1) is 12.7. The maximum absolute atomic E-state index is 7.00. The Kier molecular flexibility index (Phi) is 10.5. The van der Waals surface area contributed by atoms with E-state index in [1.165, 1.54) is 5.56 Å². The Morgan fingerprint density at radius 1 is 1.18 bits per heavy atom. The molecule has 0 saturated heterocycles. The van der Waals surface area contributed by atoms with Crippen LogP contribution in [0.15, 0.2) is 30.3 Å². The monoisotopic (exact) mass is 156 g/mol. The second-order valence-electron chi connectivity index (χ2n) is 1.69. The molecule has 0 unspecified atom stereocenters. The molecule has 64 valence electrons. The molecule has 11 heavy (non-hydrogen) atoms. The molecule has 0 spiro atoms. The van der Waals surface area contributed by atoms with Crippen LogP contribution in [0.3, 0.4) is 0 Å². The third kappa shape index (κ3) is 5.54. The molecule has 0 heterocycles. The normalized spacial score (nSPS) is 7.18. The summed E-state index contributed by atoms with van der Waals surface area (Å²) in [6, 6.07) is 9.99. The van der Waals surface area contributed by atoms with Crippen molar-refractivity contribution in [3.63, 3.8) is 0 Å². The first-order valence-electron chi connectivity index (χ1n) is 3.12. The molecule has 0 radical (unpaired) electrons. The van der Waals surface area contributed by atoms with Crippen molar-refractivity contribution in [3.05, 3.63) is 35.9 Å². The smallest absolute Gasteiger partial charge is 0.0319 e. The molecule has 3 nitrogen and oxygen atoms in total. The lowest BCUT2D eigenvalue weighted by molar-refractivity contribution is 0.399. The van der Waals surface area contributed by atoms with E-state index in [0.29, 0.717) is 6.54 Å². The van der Waals surface area contributed by atoms with E-state index in [9.17, 15) is 0 Å². The first-order chi connectivity index (χ1) is 4.93. The lowest BCUT2D eigenvalue weighted by Gasteiger charge is -1.90. The van der Waals surface area contributed by atoms with Gasteiger partial charge in [-0.1, -0.05) is 30.3 Å². The van der Waals surface area contributed by atoms with Crippen LogP contribution in [0.1, 0.15) is 5.56 Å². The third-order valence-corrected chi connectivity index (χ3v) is 1.08. The van der Waals surface area contributed by atoms with Crippen molar-refractivity contribution in [2.45, 2.75) is 6.54 Å². The highest BCUT2D eigenvalue weighted by atomic mass is 16.2. The molecular formula is C8H16N2O. The number of aliphatic hydroxyl groups excluding tert-OH is 1. The van der Waals surface area contributed by atoms with Crippen molar-refractivity contribution in [2.24, 2.45) is 5.73 Å². The zero-order chi connectivity index (χ0) is 7.82. The van der Waals surface area contributed by atoms with Crippen LogP contribution in [0.2, 0.25) is 0 Å². The largest absolute Gasteiger partial charge is 0.400 e. The zero-order valence-electron chi connectivity index (χ0n) is 6.83. The fraction of sp³-hybridized carbons (Fsp3) is 0.250. The average Bonchev–Trinajstić information content (AvgIpc) is 2.10. The molecule has 0 aliphatic heterocycles. The number of hydrogen-bond acceptors (Lipinski definition) is 3. The van der Waals surface area contributed by atoms with E-state index in [1.807, 2.05) is 30.3 Å². The minimum Gasteiger partial charge on any atom is -0.400 e. The Labute approximate surface area is 67.4 Å². The van der Waals surface area contributed by atoms with Gasteiger partial charge in [0.15, 0.2) is 0 Å². The topological polar surface area (TPSA) is 81.2 Å². The number of benzene rings is 1. The average molecular weight is 156 g/mol. The Morgan fingerprint density at radius 3 is 1.91 bits per heavy atom. The van der Waals surface area contributed by atoms with E-state index in [2.05, 4.69) is 0 Å². The van der Waals surface area contributed by atoms with Gasteiger partial charge in [0.25, 0.3) is 0 Å². The van der Waals surface area contributed by atoms with Crippen molar-refractivity contribution in [1.29, 1.82) is 0 Å². The summed E-state index contributed by atoms with van der Waals surface area (Å²) in [7, 11) is 1.00. The van der Waals surface area contributed by atoms with Crippen LogP contribution in [-0.2, 0) is 6.54 Å². The van der Waals surface area contributed by atoms with Gasteiger partial charge in [0.05, 0.1) is 0 Å². The summed E-state index contributed by atoms with van der Waals surface area (Å²) >= 11 is 0. The molecule has 0 fully saturated rings. The molecule has 0 aliphatic carbocycles. The highest BCUT2D eigenvalue weighted by molar-refractivity contribution is 5.13. The molecule has 0 saturated carbocycles. The minimum absolute atomic E-state index is 0. The lowest BCUT2D eigenvalue weighted by atomic mass is 10.2. The molecule has 0 bridgehead atoms. The highest BCUT2D eigenvalue weighted by Gasteiger charge is 1.80. The van der Waals surface area contributed by atoms with Gasteiger partial charge < -0.3 is 17.0 Å². The van der Waals surface area contributed by atoms with Crippen molar-refractivity contribution in [2.75, 3.05) is 7.11 Å². The Bertz CT molecular complexity index is 153. The molecular weight excluding hydrogens is 140 g/mol. The fourth-order valence-electron chi connectivity index (χ4n) is 0.614. The zero-order valence-corrected chi connectivity index (χ0v) is 6.83. The van der Waals surface area contributed by atoms with E-state index in [-0.39, 0.29) is 6.15 Å². The molecule has 1 aromatic rings. The summed E-state index contributed by atoms with van der Waals surface area (Å²) in [4.78, 5) is 0. The maximum Gasteiger partial charge on any atom is 0.0319 e. The fourth-order valence-corrected chi connectivity index (χ4v) is 0.614. The van der Waals surface area contributed by atoms with Gasteiger partial charge in [-0.2, -0.15) is 0 Å². The van der Waals surface area contributed by atoms with Gasteiger partial charge in [-0.25, -0.2) is 0 Å². The molecule has 0 amide bonds. The quantitative estimate of drug-likeness (QED) is 0.565. The highest BCUT2D eigenvalue weighted by Crippen LogP contribution is 1.94. The SMILES string of the molecule is CO.N.NCc1ccccc1. The number of rotatable bonds is 1. The van der Waals surface area contributed by atoms with Crippen LogP contribution in [0.25, 0.3) is 0 Å². The Hall–Kier alpha value is -0.900. The van der Waals surface area contributed by atoms with Gasteiger partial charge in [-0.3, -0.25) is 0 Å². The van der Waals surface area contributed by atoms with E-state index in [0.717, 1.165) is 7.11 Å². The number of hydrogen-bond donors (Lipinski definition) is 3. The van der Waals surface area contributed by atoms with Gasteiger partial charge in [0.1, 0.15) is 0 Å². The summed E-state index contributed by atoms with van der Waals surface area (Å²) in [5.41, 5.74) is 6.54. The molecule has 1 rings (SSSR count). The lowest BCUT2D eigenvalue weighted by Crippen LogP contribution is -1.94. The second kappa shape index (κ2) is 9.10. The molecule has 1 aromatic carbocycles. The molecule has 6 N–H and O–H groups in total. The van der Waals surface area contributed by atoms with Crippen LogP contribution >= 0.6 is 0 Å². The number of nitrogens with two attached hydrogens (primary N) is 1.